The fourth-order valence-corrected chi connectivity index (χ4v) is 4.22. The van der Waals surface area contributed by atoms with E-state index in [4.69, 9.17) is 0 Å². The molecule has 0 amide bonds. The predicted molar refractivity (Wildman–Crippen MR) is 93.7 cm³/mol. The summed E-state index contributed by atoms with van der Waals surface area (Å²) in [7, 11) is -3.80. The zero-order valence-electron chi connectivity index (χ0n) is 14.1. The summed E-state index contributed by atoms with van der Waals surface area (Å²) in [5, 5.41) is 10.8. The standard InChI is InChI=1S/C17H20N2O4S/c1-13-5-11-16(12-6-13)24(22,23)18(17(2,3)4)14-7-9-15(10-8-14)19(20)21/h5-12H,1-4H3. The van der Waals surface area contributed by atoms with Gasteiger partial charge in [0.1, 0.15) is 0 Å². The van der Waals surface area contributed by atoms with E-state index in [1.54, 1.807) is 45.0 Å². The third-order valence-electron chi connectivity index (χ3n) is 3.46. The maximum atomic E-state index is 13.1. The van der Waals surface area contributed by atoms with Gasteiger partial charge in [0.25, 0.3) is 15.7 Å². The van der Waals surface area contributed by atoms with Crippen molar-refractivity contribution in [3.63, 3.8) is 0 Å². The second kappa shape index (κ2) is 6.24. The van der Waals surface area contributed by atoms with Crippen molar-refractivity contribution in [2.45, 2.75) is 38.1 Å². The van der Waals surface area contributed by atoms with E-state index >= 15 is 0 Å². The van der Waals surface area contributed by atoms with E-state index in [0.717, 1.165) is 5.56 Å². The first-order valence-corrected chi connectivity index (χ1v) is 8.84. The number of sulfonamides is 1. The molecular weight excluding hydrogens is 328 g/mol. The Morgan fingerprint density at radius 1 is 0.958 bits per heavy atom. The number of benzene rings is 2. The van der Waals surface area contributed by atoms with Gasteiger partial charge in [-0.3, -0.25) is 14.4 Å². The van der Waals surface area contributed by atoms with Crippen LogP contribution in [0.4, 0.5) is 11.4 Å². The molecule has 0 N–H and O–H groups in total. The molecule has 0 saturated carbocycles. The van der Waals surface area contributed by atoms with Gasteiger partial charge in [0.05, 0.1) is 15.5 Å². The number of hydrogen-bond acceptors (Lipinski definition) is 4. The Morgan fingerprint density at radius 2 is 1.46 bits per heavy atom. The van der Waals surface area contributed by atoms with Gasteiger partial charge in [-0.25, -0.2) is 8.42 Å². The molecule has 7 heteroatoms. The Balaban J connectivity index is 2.57. The summed E-state index contributed by atoms with van der Waals surface area (Å²) in [5.41, 5.74) is 0.528. The Morgan fingerprint density at radius 3 is 1.88 bits per heavy atom. The lowest BCUT2D eigenvalue weighted by molar-refractivity contribution is -0.384. The van der Waals surface area contributed by atoms with Crippen LogP contribution in [0.2, 0.25) is 0 Å². The van der Waals surface area contributed by atoms with E-state index in [1.165, 1.54) is 28.6 Å². The largest absolute Gasteiger partial charge is 0.269 e. The summed E-state index contributed by atoms with van der Waals surface area (Å²) in [6.07, 6.45) is 0. The van der Waals surface area contributed by atoms with Crippen molar-refractivity contribution in [3.8, 4) is 0 Å². The topological polar surface area (TPSA) is 80.5 Å². The van der Waals surface area contributed by atoms with Gasteiger partial charge in [-0.1, -0.05) is 17.7 Å². The molecule has 0 spiro atoms. The molecule has 128 valence electrons. The first-order chi connectivity index (χ1) is 11.0. The molecule has 6 nitrogen and oxygen atoms in total. The van der Waals surface area contributed by atoms with Crippen LogP contribution in [0, 0.1) is 17.0 Å². The number of nitrogens with zero attached hydrogens (tertiary/aromatic N) is 2. The van der Waals surface area contributed by atoms with Crippen molar-refractivity contribution < 1.29 is 13.3 Å². The zero-order valence-corrected chi connectivity index (χ0v) is 14.9. The van der Waals surface area contributed by atoms with Crippen LogP contribution >= 0.6 is 0 Å². The lowest BCUT2D eigenvalue weighted by Crippen LogP contribution is -2.45. The van der Waals surface area contributed by atoms with Gasteiger partial charge < -0.3 is 0 Å². The highest BCUT2D eigenvalue weighted by atomic mass is 32.2. The van der Waals surface area contributed by atoms with Crippen molar-refractivity contribution in [3.05, 3.63) is 64.2 Å². The lowest BCUT2D eigenvalue weighted by atomic mass is 10.1. The number of non-ortho nitro benzene ring substituents is 1. The van der Waals surface area contributed by atoms with Crippen LogP contribution < -0.4 is 4.31 Å². The van der Waals surface area contributed by atoms with Gasteiger partial charge in [0, 0.05) is 17.7 Å². The number of rotatable bonds is 4. The molecule has 0 aliphatic carbocycles. The summed E-state index contributed by atoms with van der Waals surface area (Å²) in [4.78, 5) is 10.5. The lowest BCUT2D eigenvalue weighted by Gasteiger charge is -2.36. The van der Waals surface area contributed by atoms with Crippen LogP contribution in [0.1, 0.15) is 26.3 Å². The van der Waals surface area contributed by atoms with Crippen molar-refractivity contribution >= 4 is 21.4 Å². The van der Waals surface area contributed by atoms with E-state index in [2.05, 4.69) is 0 Å². The summed E-state index contributed by atoms with van der Waals surface area (Å²) >= 11 is 0. The van der Waals surface area contributed by atoms with Gasteiger partial charge in [-0.2, -0.15) is 0 Å². The normalized spacial score (nSPS) is 12.0. The highest BCUT2D eigenvalue weighted by Gasteiger charge is 2.34. The quantitative estimate of drug-likeness (QED) is 0.620. The number of nitro benzene ring substituents is 1. The van der Waals surface area contributed by atoms with Crippen LogP contribution in [0.15, 0.2) is 53.4 Å². The maximum absolute atomic E-state index is 13.1. The van der Waals surface area contributed by atoms with Gasteiger partial charge in [0.15, 0.2) is 0 Å². The average molecular weight is 348 g/mol. The second-order valence-electron chi connectivity index (χ2n) is 6.53. The Bertz CT molecular complexity index is 836. The summed E-state index contributed by atoms with van der Waals surface area (Å²) in [6.45, 7) is 7.22. The summed E-state index contributed by atoms with van der Waals surface area (Å²) < 4.78 is 27.5. The number of aryl methyl sites for hydroxylation is 1. The van der Waals surface area contributed by atoms with Crippen LogP contribution in [-0.2, 0) is 10.0 Å². The minimum Gasteiger partial charge on any atom is -0.261 e. The third-order valence-corrected chi connectivity index (χ3v) is 5.57. The molecule has 2 aromatic rings. The van der Waals surface area contributed by atoms with Crippen molar-refractivity contribution in [1.82, 2.24) is 0 Å². The average Bonchev–Trinajstić information content (AvgIpc) is 2.46. The molecule has 0 fully saturated rings. The molecular formula is C17H20N2O4S. The van der Waals surface area contributed by atoms with Gasteiger partial charge >= 0.3 is 0 Å². The molecule has 0 aliphatic rings. The van der Waals surface area contributed by atoms with Gasteiger partial charge in [-0.15, -0.1) is 0 Å². The first kappa shape index (κ1) is 17.9. The molecule has 24 heavy (non-hydrogen) atoms. The van der Waals surface area contributed by atoms with Crippen LogP contribution in [0.3, 0.4) is 0 Å². The van der Waals surface area contributed by atoms with Crippen LogP contribution in [0.25, 0.3) is 0 Å². The predicted octanol–water partition coefficient (Wildman–Crippen LogP) is 3.90. The van der Waals surface area contributed by atoms with Crippen molar-refractivity contribution in [2.24, 2.45) is 0 Å². The summed E-state index contributed by atoms with van der Waals surface area (Å²) in [6, 6.07) is 12.1. The van der Waals surface area contributed by atoms with E-state index in [0.29, 0.717) is 5.69 Å². The molecule has 0 radical (unpaired) electrons. The fraction of sp³-hybridized carbons (Fsp3) is 0.294. The van der Waals surface area contributed by atoms with E-state index in [-0.39, 0.29) is 10.6 Å². The van der Waals surface area contributed by atoms with Crippen molar-refractivity contribution in [2.75, 3.05) is 4.31 Å². The fourth-order valence-electron chi connectivity index (χ4n) is 2.41. The maximum Gasteiger partial charge on any atom is 0.269 e. The number of anilines is 1. The van der Waals surface area contributed by atoms with E-state index < -0.39 is 20.5 Å². The molecule has 0 heterocycles. The molecule has 0 bridgehead atoms. The molecule has 2 aromatic carbocycles. The Labute approximate surface area is 141 Å². The minimum atomic E-state index is -3.80. The second-order valence-corrected chi connectivity index (χ2v) is 8.31. The monoisotopic (exact) mass is 348 g/mol. The zero-order chi connectivity index (χ0) is 18.1. The van der Waals surface area contributed by atoms with Gasteiger partial charge in [-0.05, 0) is 52.0 Å². The highest BCUT2D eigenvalue weighted by Crippen LogP contribution is 2.32. The Kier molecular flexibility index (Phi) is 4.66. The SMILES string of the molecule is Cc1ccc(S(=O)(=O)N(c2ccc([N+](=O)[O-])cc2)C(C)(C)C)cc1. The van der Waals surface area contributed by atoms with E-state index in [9.17, 15) is 18.5 Å². The van der Waals surface area contributed by atoms with E-state index in [1.807, 2.05) is 6.92 Å². The highest BCUT2D eigenvalue weighted by molar-refractivity contribution is 7.92. The van der Waals surface area contributed by atoms with Crippen LogP contribution in [0.5, 0.6) is 0 Å². The minimum absolute atomic E-state index is 0.0830. The number of hydrogen-bond donors (Lipinski definition) is 0. The molecule has 2 rings (SSSR count). The molecule has 0 aromatic heterocycles. The molecule has 0 unspecified atom stereocenters. The summed E-state index contributed by atoms with van der Waals surface area (Å²) in [5.74, 6) is 0. The smallest absolute Gasteiger partial charge is 0.261 e. The first-order valence-electron chi connectivity index (χ1n) is 7.40. The molecule has 0 atom stereocenters. The van der Waals surface area contributed by atoms with Gasteiger partial charge in [0.2, 0.25) is 0 Å². The molecule has 0 saturated heterocycles. The Hall–Kier alpha value is -2.41. The third kappa shape index (κ3) is 3.56. The van der Waals surface area contributed by atoms with Crippen LogP contribution in [-0.4, -0.2) is 18.9 Å². The number of nitro groups is 1. The molecule has 0 aliphatic heterocycles. The van der Waals surface area contributed by atoms with Crippen molar-refractivity contribution in [1.29, 1.82) is 0 Å².